The summed E-state index contributed by atoms with van der Waals surface area (Å²) < 4.78 is 18.0. The van der Waals surface area contributed by atoms with Gasteiger partial charge in [-0.15, -0.1) is 5.10 Å². The van der Waals surface area contributed by atoms with Gasteiger partial charge in [0.15, 0.2) is 17.3 Å². The number of piperidine rings is 1. The number of rotatable bonds is 8. The second kappa shape index (κ2) is 10.6. The minimum absolute atomic E-state index is 0.178. The normalized spacial score (nSPS) is 15.6. The van der Waals surface area contributed by atoms with Crippen molar-refractivity contribution in [2.75, 3.05) is 34.4 Å². The molecule has 0 radical (unpaired) electrons. The standard InChI is InChI=1S/C27H32N6O4/c1-17-9-11-32(12-10-17)25(26-29-30-31-33(26)16-18-5-7-20(35-2)8-6-18)21-13-19-14-23(36-3)24(37-4)15-22(19)28-27(21)34/h5-8,13-15,17,25H,9-12,16H2,1-4H3,(H,28,34). The third kappa shape index (κ3) is 5.01. The molecule has 10 heteroatoms. The zero-order chi connectivity index (χ0) is 25.9. The number of aromatic amines is 1. The van der Waals surface area contributed by atoms with Gasteiger partial charge >= 0.3 is 0 Å². The molecule has 2 aromatic heterocycles. The van der Waals surface area contributed by atoms with Gasteiger partial charge in [0.25, 0.3) is 5.56 Å². The Morgan fingerprint density at radius 2 is 1.70 bits per heavy atom. The van der Waals surface area contributed by atoms with Gasteiger partial charge in [0.1, 0.15) is 11.8 Å². The van der Waals surface area contributed by atoms with E-state index in [1.165, 1.54) is 0 Å². The summed E-state index contributed by atoms with van der Waals surface area (Å²) in [5, 5.41) is 13.6. The predicted molar refractivity (Wildman–Crippen MR) is 139 cm³/mol. The van der Waals surface area contributed by atoms with Crippen molar-refractivity contribution in [1.29, 1.82) is 0 Å². The zero-order valence-electron chi connectivity index (χ0n) is 21.6. The Balaban J connectivity index is 1.60. The highest BCUT2D eigenvalue weighted by molar-refractivity contribution is 5.83. The lowest BCUT2D eigenvalue weighted by Gasteiger charge is -2.35. The van der Waals surface area contributed by atoms with Crippen molar-refractivity contribution in [1.82, 2.24) is 30.1 Å². The highest BCUT2D eigenvalue weighted by Gasteiger charge is 2.32. The molecule has 194 valence electrons. The Labute approximate surface area is 215 Å². The first-order valence-corrected chi connectivity index (χ1v) is 12.4. The predicted octanol–water partition coefficient (Wildman–Crippen LogP) is 3.41. The van der Waals surface area contributed by atoms with E-state index < -0.39 is 6.04 Å². The maximum absolute atomic E-state index is 13.5. The van der Waals surface area contributed by atoms with Crippen molar-refractivity contribution in [2.45, 2.75) is 32.4 Å². The second-order valence-electron chi connectivity index (χ2n) is 9.51. The largest absolute Gasteiger partial charge is 0.497 e. The quantitative estimate of drug-likeness (QED) is 0.389. The highest BCUT2D eigenvalue weighted by atomic mass is 16.5. The lowest BCUT2D eigenvalue weighted by molar-refractivity contribution is 0.149. The zero-order valence-corrected chi connectivity index (χ0v) is 21.6. The first-order chi connectivity index (χ1) is 18.0. The molecule has 37 heavy (non-hydrogen) atoms. The molecule has 2 aromatic carbocycles. The molecule has 1 unspecified atom stereocenters. The molecular formula is C27H32N6O4. The van der Waals surface area contributed by atoms with E-state index in [0.29, 0.717) is 40.9 Å². The number of benzene rings is 2. The number of pyridine rings is 1. The molecule has 1 fully saturated rings. The average Bonchev–Trinajstić information content (AvgIpc) is 3.37. The van der Waals surface area contributed by atoms with E-state index in [1.54, 1.807) is 32.1 Å². The Morgan fingerprint density at radius 3 is 2.38 bits per heavy atom. The summed E-state index contributed by atoms with van der Waals surface area (Å²) in [5.74, 6) is 3.22. The fourth-order valence-corrected chi connectivity index (χ4v) is 4.96. The lowest BCUT2D eigenvalue weighted by atomic mass is 9.95. The third-order valence-electron chi connectivity index (χ3n) is 7.15. The van der Waals surface area contributed by atoms with Crippen molar-refractivity contribution < 1.29 is 14.2 Å². The Bertz CT molecular complexity index is 1420. The topological polar surface area (TPSA) is 107 Å². The van der Waals surface area contributed by atoms with E-state index in [1.807, 2.05) is 36.4 Å². The van der Waals surface area contributed by atoms with Crippen LogP contribution >= 0.6 is 0 Å². The Kier molecular flexibility index (Phi) is 7.09. The number of aromatic nitrogens is 5. The van der Waals surface area contributed by atoms with Gasteiger partial charge in [-0.2, -0.15) is 0 Å². The number of likely N-dealkylation sites (tertiary alicyclic amines) is 1. The first kappa shape index (κ1) is 24.8. The molecule has 0 spiro atoms. The van der Waals surface area contributed by atoms with E-state index in [4.69, 9.17) is 14.2 Å². The summed E-state index contributed by atoms with van der Waals surface area (Å²) >= 11 is 0. The van der Waals surface area contributed by atoms with Crippen LogP contribution in [-0.2, 0) is 6.54 Å². The van der Waals surface area contributed by atoms with Gasteiger partial charge in [0.05, 0.1) is 33.4 Å². The molecule has 0 amide bonds. The maximum Gasteiger partial charge on any atom is 0.253 e. The van der Waals surface area contributed by atoms with Crippen molar-refractivity contribution in [3.8, 4) is 17.2 Å². The molecule has 0 saturated carbocycles. The molecule has 1 aliphatic heterocycles. The molecule has 4 aromatic rings. The second-order valence-corrected chi connectivity index (χ2v) is 9.51. The van der Waals surface area contributed by atoms with Gasteiger partial charge in [-0.3, -0.25) is 9.69 Å². The number of H-pyrrole nitrogens is 1. The first-order valence-electron chi connectivity index (χ1n) is 12.4. The van der Waals surface area contributed by atoms with Crippen LogP contribution in [0.3, 0.4) is 0 Å². The van der Waals surface area contributed by atoms with E-state index >= 15 is 0 Å². The van der Waals surface area contributed by atoms with Gasteiger partial charge in [0.2, 0.25) is 0 Å². The summed E-state index contributed by atoms with van der Waals surface area (Å²) in [6.07, 6.45) is 2.10. The summed E-state index contributed by atoms with van der Waals surface area (Å²) in [7, 11) is 4.82. The number of ether oxygens (including phenoxy) is 3. The van der Waals surface area contributed by atoms with Gasteiger partial charge in [0, 0.05) is 17.0 Å². The molecule has 1 saturated heterocycles. The minimum atomic E-state index is -0.401. The SMILES string of the molecule is COc1ccc(Cn2nnnc2C(c2cc3cc(OC)c(OC)cc3[nH]c2=O)N2CCC(C)CC2)cc1. The minimum Gasteiger partial charge on any atom is -0.497 e. The number of hydrogen-bond acceptors (Lipinski definition) is 8. The highest BCUT2D eigenvalue weighted by Crippen LogP contribution is 2.34. The molecule has 3 heterocycles. The van der Waals surface area contributed by atoms with E-state index in [2.05, 4.69) is 32.3 Å². The summed E-state index contributed by atoms with van der Waals surface area (Å²) in [6, 6.07) is 13.0. The van der Waals surface area contributed by atoms with Crippen molar-refractivity contribution >= 4 is 10.9 Å². The number of hydrogen-bond donors (Lipinski definition) is 1. The number of fused-ring (bicyclic) bond motifs is 1. The number of methoxy groups -OCH3 is 3. The number of tetrazole rings is 1. The van der Waals surface area contributed by atoms with Crippen LogP contribution in [0.1, 0.15) is 42.8 Å². The Hall–Kier alpha value is -3.92. The van der Waals surface area contributed by atoms with Crippen LogP contribution in [0.15, 0.2) is 47.3 Å². The molecular weight excluding hydrogens is 472 g/mol. The van der Waals surface area contributed by atoms with Gasteiger partial charge in [-0.05, 0) is 72.1 Å². The summed E-state index contributed by atoms with van der Waals surface area (Å²) in [5.41, 5.74) is 2.13. The van der Waals surface area contributed by atoms with Gasteiger partial charge in [-0.25, -0.2) is 4.68 Å². The average molecular weight is 505 g/mol. The molecule has 0 bridgehead atoms. The van der Waals surface area contributed by atoms with Crippen LogP contribution in [0, 0.1) is 5.92 Å². The van der Waals surface area contributed by atoms with Crippen LogP contribution in [0.2, 0.25) is 0 Å². The van der Waals surface area contributed by atoms with E-state index in [0.717, 1.165) is 42.6 Å². The molecule has 1 N–H and O–H groups in total. The summed E-state index contributed by atoms with van der Waals surface area (Å²) in [4.78, 5) is 18.9. The van der Waals surface area contributed by atoms with Crippen molar-refractivity contribution in [3.05, 3.63) is 69.8 Å². The summed E-state index contributed by atoms with van der Waals surface area (Å²) in [6.45, 7) is 4.45. The number of nitrogens with zero attached hydrogens (tertiary/aromatic N) is 5. The third-order valence-corrected chi connectivity index (χ3v) is 7.15. The number of nitrogens with one attached hydrogen (secondary N) is 1. The van der Waals surface area contributed by atoms with Crippen LogP contribution < -0.4 is 19.8 Å². The smallest absolute Gasteiger partial charge is 0.253 e. The monoisotopic (exact) mass is 504 g/mol. The lowest BCUT2D eigenvalue weighted by Crippen LogP contribution is -2.40. The van der Waals surface area contributed by atoms with E-state index in [-0.39, 0.29) is 5.56 Å². The molecule has 1 atom stereocenters. The molecule has 5 rings (SSSR count). The fourth-order valence-electron chi connectivity index (χ4n) is 4.96. The van der Waals surface area contributed by atoms with Crippen molar-refractivity contribution in [3.63, 3.8) is 0 Å². The van der Waals surface area contributed by atoms with Crippen LogP contribution in [-0.4, -0.2) is 64.5 Å². The van der Waals surface area contributed by atoms with Gasteiger partial charge in [-0.1, -0.05) is 19.1 Å². The molecule has 0 aliphatic carbocycles. The van der Waals surface area contributed by atoms with E-state index in [9.17, 15) is 4.79 Å². The molecule has 10 nitrogen and oxygen atoms in total. The van der Waals surface area contributed by atoms with Crippen LogP contribution in [0.5, 0.6) is 17.2 Å². The maximum atomic E-state index is 13.5. The van der Waals surface area contributed by atoms with Crippen LogP contribution in [0.25, 0.3) is 10.9 Å². The Morgan fingerprint density at radius 1 is 1.00 bits per heavy atom. The van der Waals surface area contributed by atoms with Gasteiger partial charge < -0.3 is 19.2 Å². The van der Waals surface area contributed by atoms with Crippen molar-refractivity contribution in [2.24, 2.45) is 5.92 Å². The van der Waals surface area contributed by atoms with Crippen LogP contribution in [0.4, 0.5) is 0 Å². The fraction of sp³-hybridized carbons (Fsp3) is 0.407. The molecule has 1 aliphatic rings.